The van der Waals surface area contributed by atoms with E-state index in [1.807, 2.05) is 31.2 Å². The predicted octanol–water partition coefficient (Wildman–Crippen LogP) is 4.74. The molecule has 0 aliphatic carbocycles. The van der Waals surface area contributed by atoms with Gasteiger partial charge in [-0.2, -0.15) is 5.26 Å². The predicted molar refractivity (Wildman–Crippen MR) is 92.9 cm³/mol. The van der Waals surface area contributed by atoms with Crippen LogP contribution in [0.15, 0.2) is 40.7 Å². The second-order valence-corrected chi connectivity index (χ2v) is 6.53. The molecule has 1 heterocycles. The number of hydrogen-bond donors (Lipinski definition) is 0. The van der Waals surface area contributed by atoms with E-state index in [9.17, 15) is 0 Å². The highest BCUT2D eigenvalue weighted by molar-refractivity contribution is 8.07. The van der Waals surface area contributed by atoms with Gasteiger partial charge in [-0.15, -0.1) is 0 Å². The van der Waals surface area contributed by atoms with E-state index < -0.39 is 0 Å². The first kappa shape index (κ1) is 16.4. The number of rotatable bonds is 3. The maximum Gasteiger partial charge on any atom is 0.118 e. The van der Waals surface area contributed by atoms with Gasteiger partial charge in [0.25, 0.3) is 0 Å². The molecule has 0 amide bonds. The summed E-state index contributed by atoms with van der Waals surface area (Å²) >= 11 is 1.59. The molecular formula is C19H19NOS. The smallest absolute Gasteiger partial charge is 0.118 e. The zero-order valence-corrected chi connectivity index (χ0v) is 13.8. The Balaban J connectivity index is 2.31. The van der Waals surface area contributed by atoms with Crippen LogP contribution in [0.25, 0.3) is 5.57 Å². The molecule has 112 valence electrons. The molecule has 2 rings (SSSR count). The van der Waals surface area contributed by atoms with Gasteiger partial charge >= 0.3 is 0 Å². The first-order chi connectivity index (χ1) is 10.6. The van der Waals surface area contributed by atoms with Crippen molar-refractivity contribution in [3.63, 3.8) is 0 Å². The lowest BCUT2D eigenvalue weighted by Crippen LogP contribution is -1.99. The summed E-state index contributed by atoms with van der Waals surface area (Å²) in [5, 5.41) is 8.89. The summed E-state index contributed by atoms with van der Waals surface area (Å²) in [5.74, 6) is 6.48. The van der Waals surface area contributed by atoms with Crippen molar-refractivity contribution < 1.29 is 4.74 Å². The van der Waals surface area contributed by atoms with Crippen molar-refractivity contribution >= 4 is 17.3 Å². The molecule has 1 fully saturated rings. The molecule has 1 aromatic carbocycles. The van der Waals surface area contributed by atoms with Gasteiger partial charge in [-0.05, 0) is 54.9 Å². The van der Waals surface area contributed by atoms with Gasteiger partial charge in [0, 0.05) is 6.61 Å². The van der Waals surface area contributed by atoms with Crippen LogP contribution in [0.5, 0.6) is 0 Å². The van der Waals surface area contributed by atoms with Crippen LogP contribution in [0, 0.1) is 23.2 Å². The van der Waals surface area contributed by atoms with Crippen molar-refractivity contribution in [2.45, 2.75) is 32.8 Å². The Hall–Kier alpha value is -1.94. The zero-order chi connectivity index (χ0) is 15.9. The van der Waals surface area contributed by atoms with Crippen LogP contribution in [0.4, 0.5) is 0 Å². The molecule has 3 heteroatoms. The standard InChI is InChI=1S/C19H19NOS/c1-14(2)22-19(11-10-18-5-4-12-21-18)15(3)17-8-6-16(13-20)7-9-17/h6-9,18H,1,4-5,12H2,2-3H3/b19-15+. The van der Waals surface area contributed by atoms with Crippen molar-refractivity contribution in [1.82, 2.24) is 0 Å². The number of nitrogens with zero attached hydrogens (tertiary/aromatic N) is 1. The van der Waals surface area contributed by atoms with Crippen LogP contribution in [-0.4, -0.2) is 12.7 Å². The van der Waals surface area contributed by atoms with Gasteiger partial charge in [0.2, 0.25) is 0 Å². The molecule has 1 unspecified atom stereocenters. The van der Waals surface area contributed by atoms with E-state index in [2.05, 4.69) is 31.4 Å². The monoisotopic (exact) mass is 309 g/mol. The highest BCUT2D eigenvalue weighted by Gasteiger charge is 2.12. The largest absolute Gasteiger partial charge is 0.366 e. The summed E-state index contributed by atoms with van der Waals surface area (Å²) in [6, 6.07) is 9.71. The minimum atomic E-state index is 0.0505. The van der Waals surface area contributed by atoms with Crippen LogP contribution in [0.2, 0.25) is 0 Å². The first-order valence-corrected chi connectivity index (χ1v) is 8.09. The minimum Gasteiger partial charge on any atom is -0.366 e. The normalized spacial score (nSPS) is 18.0. The highest BCUT2D eigenvalue weighted by atomic mass is 32.2. The van der Waals surface area contributed by atoms with E-state index in [-0.39, 0.29) is 6.10 Å². The van der Waals surface area contributed by atoms with E-state index in [0.717, 1.165) is 40.4 Å². The maximum absolute atomic E-state index is 8.89. The lowest BCUT2D eigenvalue weighted by molar-refractivity contribution is 0.152. The Bertz CT molecular complexity index is 677. The Morgan fingerprint density at radius 3 is 2.59 bits per heavy atom. The number of ether oxygens (including phenoxy) is 1. The second-order valence-electron chi connectivity index (χ2n) is 5.22. The third-order valence-corrected chi connectivity index (χ3v) is 4.30. The third-order valence-electron chi connectivity index (χ3n) is 3.34. The molecule has 1 atom stereocenters. The summed E-state index contributed by atoms with van der Waals surface area (Å²) in [6.07, 6.45) is 2.14. The van der Waals surface area contributed by atoms with Crippen LogP contribution in [-0.2, 0) is 4.74 Å². The highest BCUT2D eigenvalue weighted by Crippen LogP contribution is 2.31. The molecule has 22 heavy (non-hydrogen) atoms. The number of benzene rings is 1. The van der Waals surface area contributed by atoms with Gasteiger partial charge in [-0.25, -0.2) is 0 Å². The summed E-state index contributed by atoms with van der Waals surface area (Å²) in [4.78, 5) is 2.00. The van der Waals surface area contributed by atoms with E-state index in [1.165, 1.54) is 0 Å². The van der Waals surface area contributed by atoms with Crippen molar-refractivity contribution in [2.75, 3.05) is 6.61 Å². The lowest BCUT2D eigenvalue weighted by Gasteiger charge is -2.07. The molecule has 0 N–H and O–H groups in total. The molecular weight excluding hydrogens is 290 g/mol. The molecule has 0 radical (unpaired) electrons. The van der Waals surface area contributed by atoms with E-state index in [0.29, 0.717) is 5.56 Å². The third kappa shape index (κ3) is 4.53. The SMILES string of the molecule is C=C(C)S/C(C#CC1CCCO1)=C(\C)c1ccc(C#N)cc1. The molecule has 0 aromatic heterocycles. The fourth-order valence-corrected chi connectivity index (χ4v) is 2.86. The molecule has 1 aromatic rings. The minimum absolute atomic E-state index is 0.0505. The average molecular weight is 309 g/mol. The van der Waals surface area contributed by atoms with Crippen LogP contribution in [0.1, 0.15) is 37.8 Å². The summed E-state index contributed by atoms with van der Waals surface area (Å²) in [7, 11) is 0. The van der Waals surface area contributed by atoms with Crippen molar-refractivity contribution in [1.29, 1.82) is 5.26 Å². The van der Waals surface area contributed by atoms with Crippen LogP contribution < -0.4 is 0 Å². The molecule has 1 aliphatic heterocycles. The average Bonchev–Trinajstić information content (AvgIpc) is 3.04. The zero-order valence-electron chi connectivity index (χ0n) is 13.0. The number of thioether (sulfide) groups is 1. The van der Waals surface area contributed by atoms with Crippen molar-refractivity contribution in [3.05, 3.63) is 51.8 Å². The fraction of sp³-hybridized carbons (Fsp3) is 0.316. The Morgan fingerprint density at radius 1 is 1.32 bits per heavy atom. The van der Waals surface area contributed by atoms with Gasteiger partial charge < -0.3 is 4.74 Å². The van der Waals surface area contributed by atoms with E-state index >= 15 is 0 Å². The molecule has 0 bridgehead atoms. The van der Waals surface area contributed by atoms with Crippen LogP contribution >= 0.6 is 11.8 Å². The van der Waals surface area contributed by atoms with E-state index in [4.69, 9.17) is 10.00 Å². The Kier molecular flexibility index (Phi) is 5.90. The second kappa shape index (κ2) is 7.90. The molecule has 1 saturated heterocycles. The topological polar surface area (TPSA) is 33.0 Å². The van der Waals surface area contributed by atoms with Gasteiger partial charge in [-0.3, -0.25) is 0 Å². The maximum atomic E-state index is 8.89. The fourth-order valence-electron chi connectivity index (χ4n) is 2.13. The Morgan fingerprint density at radius 2 is 2.05 bits per heavy atom. The van der Waals surface area contributed by atoms with Gasteiger partial charge in [-0.1, -0.05) is 42.3 Å². The molecule has 0 saturated carbocycles. The van der Waals surface area contributed by atoms with Gasteiger partial charge in [0.15, 0.2) is 0 Å². The van der Waals surface area contributed by atoms with Gasteiger partial charge in [0.05, 0.1) is 16.5 Å². The summed E-state index contributed by atoms with van der Waals surface area (Å²) in [5.41, 5.74) is 2.84. The summed E-state index contributed by atoms with van der Waals surface area (Å²) in [6.45, 7) is 8.80. The Labute approximate surface area is 136 Å². The molecule has 1 aliphatic rings. The number of allylic oxidation sites excluding steroid dienone is 3. The number of hydrogen-bond acceptors (Lipinski definition) is 3. The van der Waals surface area contributed by atoms with Crippen molar-refractivity contribution in [3.8, 4) is 17.9 Å². The first-order valence-electron chi connectivity index (χ1n) is 7.28. The lowest BCUT2D eigenvalue weighted by atomic mass is 10.1. The van der Waals surface area contributed by atoms with Gasteiger partial charge in [0.1, 0.15) is 6.10 Å². The summed E-state index contributed by atoms with van der Waals surface area (Å²) < 4.78 is 5.56. The van der Waals surface area contributed by atoms with Crippen LogP contribution in [0.3, 0.4) is 0 Å². The molecule has 0 spiro atoms. The molecule has 2 nitrogen and oxygen atoms in total. The van der Waals surface area contributed by atoms with Crippen molar-refractivity contribution in [2.24, 2.45) is 0 Å². The quantitative estimate of drug-likeness (QED) is 0.756. The van der Waals surface area contributed by atoms with E-state index in [1.54, 1.807) is 11.8 Å². The number of nitriles is 1.